The molecule has 15 heteroatoms. The van der Waals surface area contributed by atoms with E-state index in [0.29, 0.717) is 11.4 Å². The molecule has 0 aliphatic rings. The number of hydrogen-bond donors (Lipinski definition) is 0. The van der Waals surface area contributed by atoms with E-state index in [9.17, 15) is 17.6 Å². The zero-order valence-electron chi connectivity index (χ0n) is 49.3. The number of para-hydroxylation sites is 6. The van der Waals surface area contributed by atoms with E-state index >= 15 is 0 Å². The lowest BCUT2D eigenvalue weighted by atomic mass is 10.1. The molecule has 0 N–H and O–H groups in total. The van der Waals surface area contributed by atoms with E-state index in [1.54, 1.807) is 16.7 Å². The second-order valence-electron chi connectivity index (χ2n) is 21.7. The molecule has 17 aromatic rings. The molecule has 0 unspecified atom stereocenters. The van der Waals surface area contributed by atoms with Crippen LogP contribution in [0.5, 0.6) is 0 Å². The average molecular weight is 1220 g/mol. The normalized spacial score (nSPS) is 11.2. The molecule has 5 aromatic heterocycles. The van der Waals surface area contributed by atoms with Crippen LogP contribution >= 0.6 is 0 Å². The Morgan fingerprint density at radius 1 is 0.237 bits per heavy atom. The Morgan fingerprint density at radius 3 is 0.935 bits per heavy atom. The molecule has 0 saturated carbocycles. The number of rotatable bonds is 10. The van der Waals surface area contributed by atoms with Crippen molar-refractivity contribution in [1.29, 1.82) is 0 Å². The van der Waals surface area contributed by atoms with Gasteiger partial charge in [0.2, 0.25) is 5.89 Å². The van der Waals surface area contributed by atoms with E-state index in [1.165, 1.54) is 45.8 Å². The Labute approximate surface area is 531 Å². The summed E-state index contributed by atoms with van der Waals surface area (Å²) >= 11 is 0. The minimum atomic E-state index is -0.733. The molecule has 0 fully saturated rings. The van der Waals surface area contributed by atoms with Crippen molar-refractivity contribution >= 4 is 43.6 Å². The molecule has 0 amide bonds. The summed E-state index contributed by atoms with van der Waals surface area (Å²) in [5, 5.41) is 30.6. The lowest BCUT2D eigenvalue weighted by Crippen LogP contribution is -2.08. The highest BCUT2D eigenvalue weighted by atomic mass is 19.1. The van der Waals surface area contributed by atoms with Crippen molar-refractivity contribution in [3.8, 4) is 91.2 Å². The maximum absolute atomic E-state index is 14.3. The number of aromatic nitrogens is 10. The smallest absolute Gasteiger partial charge is 0.254 e. The highest BCUT2D eigenvalue weighted by Crippen LogP contribution is 2.43. The fourth-order valence-corrected chi connectivity index (χ4v) is 12.0. The van der Waals surface area contributed by atoms with E-state index in [1.807, 2.05) is 91.0 Å². The van der Waals surface area contributed by atoms with Gasteiger partial charge in [0, 0.05) is 51.0 Å². The molecule has 448 valence electrons. The van der Waals surface area contributed by atoms with E-state index in [2.05, 4.69) is 198 Å². The Bertz CT molecular complexity index is 5250. The highest BCUT2D eigenvalue weighted by Gasteiger charge is 2.28. The average Bonchev–Trinajstić information content (AvgIpc) is 1.55. The van der Waals surface area contributed by atoms with Crippen LogP contribution in [0.4, 0.5) is 17.6 Å². The van der Waals surface area contributed by atoms with Gasteiger partial charge in [0.05, 0.1) is 44.6 Å². The monoisotopic (exact) mass is 1220 g/mol. The topological polar surface area (TPSA) is 110 Å². The lowest BCUT2D eigenvalue weighted by Gasteiger charge is -2.20. The fraction of sp³-hybridized carbons (Fsp3) is 0. The maximum atomic E-state index is 14.3. The first-order valence-electron chi connectivity index (χ1n) is 29.9. The summed E-state index contributed by atoms with van der Waals surface area (Å²) in [6.45, 7) is 0. The van der Waals surface area contributed by atoms with Crippen LogP contribution in [0, 0.1) is 23.3 Å². The standard InChI is InChI=1S/C44H29N5.C20H13F2N3.C14H8F2N2O.H2/c1-3-16-30(17-4-1)43-45-46-44(47(43)31-18-5-2-6-19-31)42-40(48-36-24-11-7-20-32(36)33-21-8-12-25-37(33)48)28-15-29-41(42)49-38-26-13-9-22-34(38)35-23-10-14-27-39(35)49;21-16-12-7-13-17(22)18(16)20-24-23-19(14-8-3-1-4-9-14)25(20)15-10-5-2-6-11-15;15-10-7-4-8-11(16)12(10)14-18-17-13(19-14)9-5-2-1-3-6-9;/h1-29H;1-13H;1-8H;1H/i;;;1+1. The Morgan fingerprint density at radius 2 is 0.538 bits per heavy atom. The summed E-state index contributed by atoms with van der Waals surface area (Å²) in [6, 6.07) is 97.0. The predicted octanol–water partition coefficient (Wildman–Crippen LogP) is 19.6. The first-order valence-corrected chi connectivity index (χ1v) is 29.9. The van der Waals surface area contributed by atoms with Crippen molar-refractivity contribution in [1.82, 2.24) is 48.9 Å². The second kappa shape index (κ2) is 24.7. The van der Waals surface area contributed by atoms with Crippen LogP contribution in [0.25, 0.3) is 135 Å². The molecule has 5 heterocycles. The number of benzene rings is 12. The van der Waals surface area contributed by atoms with Crippen molar-refractivity contribution in [3.05, 3.63) is 327 Å². The quantitative estimate of drug-likeness (QED) is 0.125. The molecular formula is C78H52F4N10O. The van der Waals surface area contributed by atoms with E-state index in [-0.39, 0.29) is 30.2 Å². The molecule has 0 spiro atoms. The first-order chi connectivity index (χ1) is 45.9. The van der Waals surface area contributed by atoms with Crippen LogP contribution in [-0.2, 0) is 0 Å². The second-order valence-corrected chi connectivity index (χ2v) is 21.7. The Hall–Kier alpha value is -12.6. The van der Waals surface area contributed by atoms with Gasteiger partial charge in [0.25, 0.3) is 5.89 Å². The molecule has 11 nitrogen and oxygen atoms in total. The van der Waals surface area contributed by atoms with Gasteiger partial charge in [-0.1, -0.05) is 206 Å². The number of halogens is 4. The van der Waals surface area contributed by atoms with Gasteiger partial charge >= 0.3 is 0 Å². The van der Waals surface area contributed by atoms with Crippen molar-refractivity contribution in [2.75, 3.05) is 0 Å². The van der Waals surface area contributed by atoms with Crippen LogP contribution in [0.15, 0.2) is 308 Å². The number of nitrogens with zero attached hydrogens (tertiary/aromatic N) is 10. The zero-order chi connectivity index (χ0) is 62.8. The molecule has 0 saturated heterocycles. The van der Waals surface area contributed by atoms with Gasteiger partial charge in [-0.2, -0.15) is 0 Å². The molecule has 93 heavy (non-hydrogen) atoms. The molecule has 0 radical (unpaired) electrons. The van der Waals surface area contributed by atoms with E-state index in [4.69, 9.17) is 14.6 Å². The molecule has 0 aliphatic heterocycles. The molecule has 12 aromatic carbocycles. The van der Waals surface area contributed by atoms with Crippen LogP contribution in [-0.4, -0.2) is 48.9 Å². The van der Waals surface area contributed by atoms with Crippen molar-refractivity contribution < 1.29 is 23.4 Å². The minimum Gasteiger partial charge on any atom is -0.416 e. The van der Waals surface area contributed by atoms with Crippen LogP contribution in [0.2, 0.25) is 0 Å². The summed E-state index contributed by atoms with van der Waals surface area (Å²) in [5.41, 5.74) is 11.3. The molecule has 0 aliphatic carbocycles. The first kappa shape index (κ1) is 56.9. The van der Waals surface area contributed by atoms with Crippen molar-refractivity contribution in [2.24, 2.45) is 0 Å². The van der Waals surface area contributed by atoms with Crippen LogP contribution in [0.1, 0.15) is 1.43 Å². The van der Waals surface area contributed by atoms with Gasteiger partial charge in [-0.05, 0) is 97.1 Å². The van der Waals surface area contributed by atoms with Gasteiger partial charge in [-0.25, -0.2) is 17.6 Å². The van der Waals surface area contributed by atoms with Crippen molar-refractivity contribution in [2.45, 2.75) is 0 Å². The van der Waals surface area contributed by atoms with Crippen molar-refractivity contribution in [3.63, 3.8) is 0 Å². The SMILES string of the molecule is Fc1cccc(F)c1-c1nnc(-c2ccccc2)n1-c1ccccc1.Fc1cccc(F)c1-c1nnc(-c2ccccc2)o1.[2HH].c1ccc(-c2nnc(-c3c(-n4c5ccccc5c5ccccc54)cccc3-n3c4ccccc4c4ccccc43)n2-c2ccccc2)cc1. The summed E-state index contributed by atoms with van der Waals surface area (Å²) in [7, 11) is 0. The number of hydrogen-bond acceptors (Lipinski definition) is 7. The largest absolute Gasteiger partial charge is 0.416 e. The van der Waals surface area contributed by atoms with E-state index in [0.717, 1.165) is 85.3 Å². The third-order valence-electron chi connectivity index (χ3n) is 16.1. The Kier molecular flexibility index (Phi) is 15.1. The fourth-order valence-electron chi connectivity index (χ4n) is 12.0. The highest BCUT2D eigenvalue weighted by molar-refractivity contribution is 6.12. The maximum Gasteiger partial charge on any atom is 0.254 e. The number of fused-ring (bicyclic) bond motifs is 6. The minimum absolute atomic E-state index is 0. The molecular weight excluding hydrogens is 1170 g/mol. The lowest BCUT2D eigenvalue weighted by molar-refractivity contribution is 0.548. The van der Waals surface area contributed by atoms with Gasteiger partial charge in [0.15, 0.2) is 23.3 Å². The van der Waals surface area contributed by atoms with Gasteiger partial charge in [-0.15, -0.1) is 30.6 Å². The summed E-state index contributed by atoms with van der Waals surface area (Å²) in [5.74, 6) is -0.580. The van der Waals surface area contributed by atoms with Gasteiger partial charge in [0.1, 0.15) is 28.8 Å². The molecule has 0 bridgehead atoms. The van der Waals surface area contributed by atoms with Gasteiger partial charge in [-0.3, -0.25) is 9.13 Å². The third kappa shape index (κ3) is 10.5. The predicted molar refractivity (Wildman–Crippen MR) is 360 cm³/mol. The van der Waals surface area contributed by atoms with E-state index < -0.39 is 23.3 Å². The zero-order valence-corrected chi connectivity index (χ0v) is 49.3. The summed E-state index contributed by atoms with van der Waals surface area (Å²) < 4.78 is 69.8. The molecule has 17 rings (SSSR count). The third-order valence-corrected chi connectivity index (χ3v) is 16.1. The molecule has 0 atom stereocenters. The van der Waals surface area contributed by atoms with Crippen LogP contribution < -0.4 is 0 Å². The Balaban J connectivity index is 0.000000141. The summed E-state index contributed by atoms with van der Waals surface area (Å²) in [6.07, 6.45) is 0. The summed E-state index contributed by atoms with van der Waals surface area (Å²) in [4.78, 5) is 0. The van der Waals surface area contributed by atoms with Gasteiger partial charge < -0.3 is 13.6 Å². The van der Waals surface area contributed by atoms with Crippen LogP contribution in [0.3, 0.4) is 0 Å².